The lowest BCUT2D eigenvalue weighted by Gasteiger charge is -2.13. The molecule has 1 N–H and O–H groups in total. The number of tetrazole rings is 1. The van der Waals surface area contributed by atoms with Gasteiger partial charge in [-0.15, -0.1) is 10.2 Å². The van der Waals surface area contributed by atoms with Gasteiger partial charge in [0, 0.05) is 11.1 Å². The lowest BCUT2D eigenvalue weighted by molar-refractivity contribution is -0.143. The maximum absolute atomic E-state index is 13.1. The SMILES string of the molecule is CC(C(=O)N/N=C\c1c(Cl)cccc1Cl)n1nnc(-c2cc(C(F)(F)F)cc(C(F)(F)F)c2)n1. The van der Waals surface area contributed by atoms with Crippen molar-refractivity contribution in [1.29, 1.82) is 0 Å². The number of hydrogen-bond acceptors (Lipinski definition) is 5. The number of carbonyl (C=O) groups excluding carboxylic acids is 1. The molecule has 0 aliphatic carbocycles. The van der Waals surface area contributed by atoms with Gasteiger partial charge in [-0.2, -0.15) is 36.2 Å². The Morgan fingerprint density at radius 1 is 1.06 bits per heavy atom. The van der Waals surface area contributed by atoms with E-state index in [0.29, 0.717) is 17.7 Å². The monoisotopic (exact) mass is 524 g/mol. The van der Waals surface area contributed by atoms with Crippen LogP contribution in [0.4, 0.5) is 26.3 Å². The molecular weight excluding hydrogens is 513 g/mol. The predicted molar refractivity (Wildman–Crippen MR) is 110 cm³/mol. The Kier molecular flexibility index (Phi) is 7.17. The summed E-state index contributed by atoms with van der Waals surface area (Å²) in [5.41, 5.74) is -1.13. The summed E-state index contributed by atoms with van der Waals surface area (Å²) in [6.07, 6.45) is -8.89. The highest BCUT2D eigenvalue weighted by Crippen LogP contribution is 2.38. The number of alkyl halides is 6. The molecule has 0 aliphatic heterocycles. The van der Waals surface area contributed by atoms with Gasteiger partial charge in [0.1, 0.15) is 0 Å². The van der Waals surface area contributed by atoms with Gasteiger partial charge >= 0.3 is 12.4 Å². The molecule has 15 heteroatoms. The summed E-state index contributed by atoms with van der Waals surface area (Å²) >= 11 is 12.0. The third kappa shape index (κ3) is 5.83. The zero-order valence-electron chi connectivity index (χ0n) is 16.8. The van der Waals surface area contributed by atoms with Gasteiger partial charge in [-0.25, -0.2) is 5.43 Å². The molecule has 180 valence electrons. The van der Waals surface area contributed by atoms with E-state index in [1.165, 1.54) is 13.1 Å². The van der Waals surface area contributed by atoms with Gasteiger partial charge in [-0.1, -0.05) is 29.3 Å². The average Bonchev–Trinajstić information content (AvgIpc) is 3.24. The highest BCUT2D eigenvalue weighted by atomic mass is 35.5. The van der Waals surface area contributed by atoms with Gasteiger partial charge in [0.25, 0.3) is 5.91 Å². The normalized spacial score (nSPS) is 13.3. The fraction of sp³-hybridized carbons (Fsp3) is 0.211. The lowest BCUT2D eigenvalue weighted by Crippen LogP contribution is -2.28. The Morgan fingerprint density at radius 2 is 1.62 bits per heavy atom. The van der Waals surface area contributed by atoms with Crippen molar-refractivity contribution in [3.63, 3.8) is 0 Å². The third-order valence-corrected chi connectivity index (χ3v) is 5.03. The minimum Gasteiger partial charge on any atom is -0.271 e. The first kappa shape index (κ1) is 25.4. The first-order chi connectivity index (χ1) is 15.8. The van der Waals surface area contributed by atoms with Crippen LogP contribution in [0, 0.1) is 0 Å². The molecule has 3 rings (SSSR count). The number of rotatable bonds is 5. The zero-order valence-corrected chi connectivity index (χ0v) is 18.3. The lowest BCUT2D eigenvalue weighted by atomic mass is 10.0. The van der Waals surface area contributed by atoms with Crippen LogP contribution in [0.2, 0.25) is 10.0 Å². The van der Waals surface area contributed by atoms with Crippen LogP contribution in [0.25, 0.3) is 11.4 Å². The molecule has 3 aromatic rings. The number of halogens is 8. The number of benzene rings is 2. The third-order valence-electron chi connectivity index (χ3n) is 4.37. The van der Waals surface area contributed by atoms with Gasteiger partial charge in [0.05, 0.1) is 27.4 Å². The number of hydrazone groups is 1. The van der Waals surface area contributed by atoms with Crippen LogP contribution in [0.5, 0.6) is 0 Å². The minimum absolute atomic E-state index is 0.0206. The predicted octanol–water partition coefficient (Wildman–Crippen LogP) is 5.40. The van der Waals surface area contributed by atoms with Crippen LogP contribution >= 0.6 is 23.2 Å². The molecular formula is C19H12Cl2F6N6O. The van der Waals surface area contributed by atoms with E-state index >= 15 is 0 Å². The van der Waals surface area contributed by atoms with Gasteiger partial charge in [0.15, 0.2) is 6.04 Å². The van der Waals surface area contributed by atoms with E-state index in [9.17, 15) is 31.1 Å². The van der Waals surface area contributed by atoms with E-state index in [1.54, 1.807) is 18.2 Å². The van der Waals surface area contributed by atoms with Gasteiger partial charge in [-0.3, -0.25) is 4.79 Å². The van der Waals surface area contributed by atoms with E-state index in [4.69, 9.17) is 23.2 Å². The van der Waals surface area contributed by atoms with E-state index in [0.717, 1.165) is 4.80 Å². The summed E-state index contributed by atoms with van der Waals surface area (Å²) < 4.78 is 78.4. The molecule has 0 spiro atoms. The molecule has 2 aromatic carbocycles. The molecule has 1 amide bonds. The molecule has 0 bridgehead atoms. The summed E-state index contributed by atoms with van der Waals surface area (Å²) in [5, 5.41) is 15.1. The molecule has 1 atom stereocenters. The van der Waals surface area contributed by atoms with Crippen molar-refractivity contribution < 1.29 is 31.1 Å². The Bertz CT molecular complexity index is 1190. The molecule has 0 saturated carbocycles. The number of amides is 1. The van der Waals surface area contributed by atoms with Crippen LogP contribution < -0.4 is 5.43 Å². The van der Waals surface area contributed by atoms with Crippen LogP contribution in [0.1, 0.15) is 29.7 Å². The van der Waals surface area contributed by atoms with Crippen molar-refractivity contribution in [2.75, 3.05) is 0 Å². The maximum Gasteiger partial charge on any atom is 0.416 e. The van der Waals surface area contributed by atoms with Crippen LogP contribution in [-0.4, -0.2) is 32.3 Å². The standard InChI is InChI=1S/C19H12Cl2F6N6O/c1-9(17(34)30-28-8-13-14(20)3-2-4-15(13)21)33-31-16(29-32-33)10-5-11(18(22,23)24)7-12(6-10)19(25,26)27/h2-9H,1H3,(H,30,34)/b28-8-. The Labute approximate surface area is 197 Å². The number of hydrogen-bond donors (Lipinski definition) is 1. The zero-order chi connectivity index (χ0) is 25.3. The number of carbonyl (C=O) groups is 1. The van der Waals surface area contributed by atoms with E-state index in [-0.39, 0.29) is 16.1 Å². The molecule has 0 radical (unpaired) electrons. The quantitative estimate of drug-likeness (QED) is 0.275. The van der Waals surface area contributed by atoms with Gasteiger partial charge < -0.3 is 0 Å². The van der Waals surface area contributed by atoms with Crippen molar-refractivity contribution in [3.05, 3.63) is 63.1 Å². The Hall–Kier alpha value is -3.19. The fourth-order valence-corrected chi connectivity index (χ4v) is 3.08. The number of aromatic nitrogens is 4. The largest absolute Gasteiger partial charge is 0.416 e. The molecule has 0 saturated heterocycles. The van der Waals surface area contributed by atoms with Crippen molar-refractivity contribution in [2.24, 2.45) is 5.10 Å². The summed E-state index contributed by atoms with van der Waals surface area (Å²) in [5.74, 6) is -1.30. The summed E-state index contributed by atoms with van der Waals surface area (Å²) in [7, 11) is 0. The summed E-state index contributed by atoms with van der Waals surface area (Å²) in [4.78, 5) is 13.0. The maximum atomic E-state index is 13.1. The molecule has 0 aliphatic rings. The van der Waals surface area contributed by atoms with E-state index in [1.807, 2.05) is 0 Å². The molecule has 1 heterocycles. The minimum atomic E-state index is -5.04. The second kappa shape index (κ2) is 9.58. The van der Waals surface area contributed by atoms with Gasteiger partial charge in [0.2, 0.25) is 5.82 Å². The smallest absolute Gasteiger partial charge is 0.271 e. The Morgan fingerprint density at radius 3 is 2.15 bits per heavy atom. The second-order valence-corrected chi connectivity index (χ2v) is 7.59. The van der Waals surface area contributed by atoms with Crippen molar-refractivity contribution in [1.82, 2.24) is 25.6 Å². The highest BCUT2D eigenvalue weighted by Gasteiger charge is 2.37. The van der Waals surface area contributed by atoms with Crippen LogP contribution in [-0.2, 0) is 17.1 Å². The van der Waals surface area contributed by atoms with Crippen molar-refractivity contribution >= 4 is 35.3 Å². The Balaban J connectivity index is 1.82. The first-order valence-electron chi connectivity index (χ1n) is 9.13. The molecule has 1 unspecified atom stereocenters. The average molecular weight is 525 g/mol. The van der Waals surface area contributed by atoms with Crippen LogP contribution in [0.15, 0.2) is 41.5 Å². The topological polar surface area (TPSA) is 85.1 Å². The van der Waals surface area contributed by atoms with Gasteiger partial charge in [-0.05, 0) is 42.5 Å². The molecule has 0 fully saturated rings. The highest BCUT2D eigenvalue weighted by molar-refractivity contribution is 6.38. The molecule has 7 nitrogen and oxygen atoms in total. The van der Waals surface area contributed by atoms with E-state index in [2.05, 4.69) is 25.9 Å². The molecule has 1 aromatic heterocycles. The van der Waals surface area contributed by atoms with Crippen molar-refractivity contribution in [2.45, 2.75) is 25.3 Å². The summed E-state index contributed by atoms with van der Waals surface area (Å²) in [6, 6.07) is 4.44. The van der Waals surface area contributed by atoms with E-state index < -0.39 is 46.8 Å². The molecule has 34 heavy (non-hydrogen) atoms. The van der Waals surface area contributed by atoms with Crippen molar-refractivity contribution in [3.8, 4) is 11.4 Å². The number of nitrogens with one attached hydrogen (secondary N) is 1. The summed E-state index contributed by atoms with van der Waals surface area (Å²) in [6.45, 7) is 1.31. The fourth-order valence-electron chi connectivity index (χ4n) is 2.58. The first-order valence-corrected chi connectivity index (χ1v) is 9.89. The van der Waals surface area contributed by atoms with Crippen LogP contribution in [0.3, 0.4) is 0 Å². The second-order valence-electron chi connectivity index (χ2n) is 6.77. The number of nitrogens with zero attached hydrogens (tertiary/aromatic N) is 5.